The fourth-order valence-electron chi connectivity index (χ4n) is 1.96. The van der Waals surface area contributed by atoms with Crippen molar-refractivity contribution in [1.82, 2.24) is 4.90 Å². The van der Waals surface area contributed by atoms with Crippen LogP contribution in [0.2, 0.25) is 0 Å². The van der Waals surface area contributed by atoms with Crippen molar-refractivity contribution in [1.29, 1.82) is 0 Å². The third-order valence-corrected chi connectivity index (χ3v) is 5.03. The fourth-order valence-corrected chi connectivity index (χ4v) is 2.82. The normalized spacial score (nSPS) is 27.2. The molecule has 0 radical (unpaired) electrons. The molecule has 17 heavy (non-hydrogen) atoms. The van der Waals surface area contributed by atoms with Crippen LogP contribution in [0, 0.1) is 0 Å². The molecule has 2 N–H and O–H groups in total. The molecule has 1 aliphatic heterocycles. The van der Waals surface area contributed by atoms with Crippen LogP contribution < -0.4 is 5.73 Å². The van der Waals surface area contributed by atoms with Gasteiger partial charge in [0.15, 0.2) is 0 Å². The smallest absolute Gasteiger partial charge is 0.150 e. The molecule has 1 fully saturated rings. The van der Waals surface area contributed by atoms with Crippen molar-refractivity contribution >= 4 is 9.84 Å². The highest BCUT2D eigenvalue weighted by molar-refractivity contribution is 7.91. The van der Waals surface area contributed by atoms with Crippen molar-refractivity contribution in [2.45, 2.75) is 32.4 Å². The SMILES string of the molecule is CCS(=O)(=O)CCCN1CC(CN)OCC1C. The summed E-state index contributed by atoms with van der Waals surface area (Å²) in [5, 5.41) is 0. The van der Waals surface area contributed by atoms with Crippen molar-refractivity contribution in [3.05, 3.63) is 0 Å². The number of hydrogen-bond donors (Lipinski definition) is 1. The zero-order chi connectivity index (χ0) is 12.9. The molecular formula is C11H24N2O3S. The van der Waals surface area contributed by atoms with E-state index in [0.717, 1.165) is 13.1 Å². The summed E-state index contributed by atoms with van der Waals surface area (Å²) in [4.78, 5) is 2.27. The zero-order valence-electron chi connectivity index (χ0n) is 10.8. The van der Waals surface area contributed by atoms with Gasteiger partial charge in [0.1, 0.15) is 9.84 Å². The summed E-state index contributed by atoms with van der Waals surface area (Å²) in [6.45, 7) is 6.61. The summed E-state index contributed by atoms with van der Waals surface area (Å²) in [5.74, 6) is 0.512. The van der Waals surface area contributed by atoms with Gasteiger partial charge in [-0.1, -0.05) is 6.92 Å². The first-order valence-electron chi connectivity index (χ1n) is 6.24. The van der Waals surface area contributed by atoms with E-state index in [1.807, 2.05) is 0 Å². The molecule has 1 aliphatic rings. The Kier molecular flexibility index (Phi) is 5.85. The standard InChI is InChI=1S/C11H24N2O3S/c1-3-17(14,15)6-4-5-13-8-11(7-12)16-9-10(13)2/h10-11H,3-9,12H2,1-2H3. The molecule has 1 saturated heterocycles. The van der Waals surface area contributed by atoms with Crippen molar-refractivity contribution in [2.24, 2.45) is 5.73 Å². The molecule has 2 atom stereocenters. The Labute approximate surface area is 104 Å². The predicted molar refractivity (Wildman–Crippen MR) is 68.8 cm³/mol. The highest BCUT2D eigenvalue weighted by atomic mass is 32.2. The maximum atomic E-state index is 11.4. The molecule has 1 rings (SSSR count). The molecule has 0 amide bonds. The van der Waals surface area contributed by atoms with Gasteiger partial charge in [-0.25, -0.2) is 8.42 Å². The second-order valence-electron chi connectivity index (χ2n) is 4.62. The largest absolute Gasteiger partial charge is 0.374 e. The summed E-state index contributed by atoms with van der Waals surface area (Å²) in [7, 11) is -2.84. The van der Waals surface area contributed by atoms with Gasteiger partial charge in [0.2, 0.25) is 0 Å². The zero-order valence-corrected chi connectivity index (χ0v) is 11.6. The molecule has 0 spiro atoms. The maximum absolute atomic E-state index is 11.4. The lowest BCUT2D eigenvalue weighted by atomic mass is 10.2. The number of ether oxygens (including phenoxy) is 1. The molecular weight excluding hydrogens is 240 g/mol. The monoisotopic (exact) mass is 264 g/mol. The van der Waals surface area contributed by atoms with Crippen molar-refractivity contribution < 1.29 is 13.2 Å². The summed E-state index contributed by atoms with van der Waals surface area (Å²) in [6, 6.07) is 0.349. The number of hydrogen-bond acceptors (Lipinski definition) is 5. The highest BCUT2D eigenvalue weighted by Crippen LogP contribution is 2.11. The van der Waals surface area contributed by atoms with E-state index in [0.29, 0.717) is 25.6 Å². The van der Waals surface area contributed by atoms with Gasteiger partial charge >= 0.3 is 0 Å². The molecule has 0 aromatic carbocycles. The van der Waals surface area contributed by atoms with Gasteiger partial charge in [0.05, 0.1) is 18.5 Å². The van der Waals surface area contributed by atoms with Gasteiger partial charge in [-0.3, -0.25) is 4.90 Å². The van der Waals surface area contributed by atoms with E-state index in [-0.39, 0.29) is 17.6 Å². The van der Waals surface area contributed by atoms with Gasteiger partial charge in [-0.05, 0) is 19.9 Å². The lowest BCUT2D eigenvalue weighted by molar-refractivity contribution is -0.0531. The van der Waals surface area contributed by atoms with E-state index < -0.39 is 9.84 Å². The van der Waals surface area contributed by atoms with Crippen molar-refractivity contribution in [2.75, 3.05) is 37.7 Å². The first-order chi connectivity index (χ1) is 7.98. The van der Waals surface area contributed by atoms with Crippen LogP contribution >= 0.6 is 0 Å². The predicted octanol–water partition coefficient (Wildman–Crippen LogP) is -0.141. The molecule has 0 aliphatic carbocycles. The minimum absolute atomic E-state index is 0.0917. The Bertz CT molecular complexity index is 319. The minimum Gasteiger partial charge on any atom is -0.374 e. The summed E-state index contributed by atoms with van der Waals surface area (Å²) in [5.41, 5.74) is 5.58. The number of nitrogens with two attached hydrogens (primary N) is 1. The van der Waals surface area contributed by atoms with E-state index in [9.17, 15) is 8.42 Å². The Morgan fingerprint density at radius 1 is 1.47 bits per heavy atom. The third-order valence-electron chi connectivity index (χ3n) is 3.24. The second kappa shape index (κ2) is 6.68. The number of nitrogens with zero attached hydrogens (tertiary/aromatic N) is 1. The number of rotatable bonds is 6. The summed E-state index contributed by atoms with van der Waals surface area (Å²) in [6.07, 6.45) is 0.784. The average molecular weight is 264 g/mol. The first kappa shape index (κ1) is 14.9. The van der Waals surface area contributed by atoms with Crippen LogP contribution in [0.5, 0.6) is 0 Å². The summed E-state index contributed by atoms with van der Waals surface area (Å²) >= 11 is 0. The van der Waals surface area contributed by atoms with Crippen LogP contribution in [-0.4, -0.2) is 63.2 Å². The molecule has 1 heterocycles. The lowest BCUT2D eigenvalue weighted by Crippen LogP contribution is -2.50. The van der Waals surface area contributed by atoms with E-state index >= 15 is 0 Å². The van der Waals surface area contributed by atoms with E-state index in [4.69, 9.17) is 10.5 Å². The topological polar surface area (TPSA) is 72.6 Å². The highest BCUT2D eigenvalue weighted by Gasteiger charge is 2.24. The van der Waals surface area contributed by atoms with Crippen LogP contribution in [0.1, 0.15) is 20.3 Å². The van der Waals surface area contributed by atoms with Crippen molar-refractivity contribution in [3.63, 3.8) is 0 Å². The van der Waals surface area contributed by atoms with Gasteiger partial charge in [-0.15, -0.1) is 0 Å². The van der Waals surface area contributed by atoms with Gasteiger partial charge in [0, 0.05) is 24.9 Å². The molecule has 2 unspecified atom stereocenters. The third kappa shape index (κ3) is 4.91. The second-order valence-corrected chi connectivity index (χ2v) is 7.10. The van der Waals surface area contributed by atoms with Gasteiger partial charge in [-0.2, -0.15) is 0 Å². The fraction of sp³-hybridized carbons (Fsp3) is 1.00. The van der Waals surface area contributed by atoms with Gasteiger partial charge < -0.3 is 10.5 Å². The Morgan fingerprint density at radius 3 is 2.76 bits per heavy atom. The van der Waals surface area contributed by atoms with Gasteiger partial charge in [0.25, 0.3) is 0 Å². The minimum atomic E-state index is -2.84. The molecule has 5 nitrogen and oxygen atoms in total. The van der Waals surface area contributed by atoms with Crippen LogP contribution in [-0.2, 0) is 14.6 Å². The average Bonchev–Trinajstić information content (AvgIpc) is 2.31. The van der Waals surface area contributed by atoms with Crippen LogP contribution in [0.15, 0.2) is 0 Å². The van der Waals surface area contributed by atoms with Crippen molar-refractivity contribution in [3.8, 4) is 0 Å². The molecule has 0 aromatic rings. The molecule has 102 valence electrons. The van der Waals surface area contributed by atoms with E-state index in [1.54, 1.807) is 6.92 Å². The quantitative estimate of drug-likeness (QED) is 0.723. The number of sulfone groups is 1. The molecule has 0 bridgehead atoms. The first-order valence-corrected chi connectivity index (χ1v) is 8.06. The maximum Gasteiger partial charge on any atom is 0.150 e. The Hall–Kier alpha value is -0.170. The van der Waals surface area contributed by atoms with Crippen LogP contribution in [0.3, 0.4) is 0 Å². The van der Waals surface area contributed by atoms with E-state index in [1.165, 1.54) is 0 Å². The lowest BCUT2D eigenvalue weighted by Gasteiger charge is -2.37. The van der Waals surface area contributed by atoms with Crippen LogP contribution in [0.25, 0.3) is 0 Å². The van der Waals surface area contributed by atoms with Crippen LogP contribution in [0.4, 0.5) is 0 Å². The Balaban J connectivity index is 2.34. The number of morpholine rings is 1. The molecule has 6 heteroatoms. The van der Waals surface area contributed by atoms with E-state index in [2.05, 4.69) is 11.8 Å². The molecule has 0 saturated carbocycles. The Morgan fingerprint density at radius 2 is 2.18 bits per heavy atom. The molecule has 0 aromatic heterocycles. The summed E-state index contributed by atoms with van der Waals surface area (Å²) < 4.78 is 28.3.